The van der Waals surface area contributed by atoms with Crippen LogP contribution < -0.4 is 10.0 Å². The highest BCUT2D eigenvalue weighted by molar-refractivity contribution is 14.0. The van der Waals surface area contributed by atoms with E-state index in [0.29, 0.717) is 30.7 Å². The number of hydrogen-bond acceptors (Lipinski definition) is 4. The predicted octanol–water partition coefficient (Wildman–Crippen LogP) is 3.09. The van der Waals surface area contributed by atoms with Crippen molar-refractivity contribution < 1.29 is 13.2 Å². The minimum Gasteiger partial charge on any atom is -0.383 e. The smallest absolute Gasteiger partial charge is 0.240 e. The molecule has 0 unspecified atom stereocenters. The van der Waals surface area contributed by atoms with Crippen molar-refractivity contribution in [2.24, 2.45) is 4.99 Å². The molecule has 0 heterocycles. The van der Waals surface area contributed by atoms with E-state index in [0.717, 1.165) is 11.1 Å². The molecule has 0 radical (unpaired) electrons. The highest BCUT2D eigenvalue weighted by atomic mass is 127. The predicted molar refractivity (Wildman–Crippen MR) is 132 cm³/mol. The van der Waals surface area contributed by atoms with Crippen LogP contribution in [0.5, 0.6) is 0 Å². The van der Waals surface area contributed by atoms with Crippen LogP contribution in [0.1, 0.15) is 11.1 Å². The molecule has 0 atom stereocenters. The van der Waals surface area contributed by atoms with E-state index < -0.39 is 10.0 Å². The molecular weight excluding hydrogens is 539 g/mol. The molecule has 0 saturated heterocycles. The van der Waals surface area contributed by atoms with Gasteiger partial charge in [-0.3, -0.25) is 4.99 Å². The van der Waals surface area contributed by atoms with Gasteiger partial charge in [-0.15, -0.1) is 24.0 Å². The molecule has 0 aliphatic carbocycles. The number of ether oxygens (including phenoxy) is 1. The van der Waals surface area contributed by atoms with Crippen molar-refractivity contribution in [3.05, 3.63) is 64.7 Å². The van der Waals surface area contributed by atoms with Crippen molar-refractivity contribution in [1.29, 1.82) is 0 Å². The van der Waals surface area contributed by atoms with Crippen LogP contribution in [0.25, 0.3) is 0 Å². The second-order valence-electron chi connectivity index (χ2n) is 6.39. The molecule has 2 rings (SSSR count). The molecule has 0 bridgehead atoms. The summed E-state index contributed by atoms with van der Waals surface area (Å²) in [5.41, 5.74) is 1.82. The average Bonchev–Trinajstić information content (AvgIpc) is 2.70. The summed E-state index contributed by atoms with van der Waals surface area (Å²) in [6.07, 6.45) is 0. The zero-order valence-corrected chi connectivity index (χ0v) is 21.2. The summed E-state index contributed by atoms with van der Waals surface area (Å²) in [7, 11) is 1.57. The molecule has 2 aromatic rings. The van der Waals surface area contributed by atoms with Gasteiger partial charge in [0.15, 0.2) is 5.96 Å². The Kier molecular flexibility index (Phi) is 11.6. The highest BCUT2D eigenvalue weighted by Crippen LogP contribution is 2.16. The maximum Gasteiger partial charge on any atom is 0.240 e. The lowest BCUT2D eigenvalue weighted by Crippen LogP contribution is -2.38. The Balaban J connectivity index is 0.00000450. The topological polar surface area (TPSA) is 83.0 Å². The monoisotopic (exact) mass is 566 g/mol. The van der Waals surface area contributed by atoms with E-state index in [1.54, 1.807) is 25.2 Å². The van der Waals surface area contributed by atoms with Crippen LogP contribution >= 0.6 is 35.6 Å². The van der Waals surface area contributed by atoms with Gasteiger partial charge in [-0.05, 0) is 29.3 Å². The number of benzene rings is 2. The van der Waals surface area contributed by atoms with Gasteiger partial charge < -0.3 is 15.0 Å². The fourth-order valence-corrected chi connectivity index (χ4v) is 3.99. The summed E-state index contributed by atoms with van der Waals surface area (Å²) in [5, 5.41) is 3.96. The van der Waals surface area contributed by atoms with Crippen LogP contribution in [-0.2, 0) is 27.8 Å². The Bertz CT molecular complexity index is 941. The van der Waals surface area contributed by atoms with Gasteiger partial charge in [0, 0.05) is 45.9 Å². The summed E-state index contributed by atoms with van der Waals surface area (Å²) in [6.45, 7) is 1.56. The van der Waals surface area contributed by atoms with Gasteiger partial charge in [0.2, 0.25) is 10.0 Å². The van der Waals surface area contributed by atoms with E-state index in [1.807, 2.05) is 42.3 Å². The lowest BCUT2D eigenvalue weighted by atomic mass is 10.2. The number of guanidine groups is 1. The number of hydrogen-bond donors (Lipinski definition) is 2. The fourth-order valence-electron chi connectivity index (χ4n) is 2.71. The molecule has 166 valence electrons. The van der Waals surface area contributed by atoms with Crippen LogP contribution in [0, 0.1) is 0 Å². The number of halogens is 2. The van der Waals surface area contributed by atoms with Crippen LogP contribution in [0.4, 0.5) is 0 Å². The fraction of sp³-hybridized carbons (Fsp3) is 0.350. The van der Waals surface area contributed by atoms with E-state index in [1.165, 1.54) is 7.11 Å². The van der Waals surface area contributed by atoms with E-state index >= 15 is 0 Å². The van der Waals surface area contributed by atoms with E-state index in [4.69, 9.17) is 16.3 Å². The number of nitrogens with one attached hydrogen (secondary N) is 2. The maximum atomic E-state index is 12.4. The van der Waals surface area contributed by atoms with Gasteiger partial charge in [-0.2, -0.15) is 0 Å². The Labute approximate surface area is 200 Å². The molecule has 0 amide bonds. The largest absolute Gasteiger partial charge is 0.383 e. The zero-order valence-electron chi connectivity index (χ0n) is 17.3. The van der Waals surface area contributed by atoms with Crippen molar-refractivity contribution in [3.8, 4) is 0 Å². The van der Waals surface area contributed by atoms with E-state index in [-0.39, 0.29) is 35.4 Å². The minimum atomic E-state index is -3.57. The highest BCUT2D eigenvalue weighted by Gasteiger charge is 2.14. The molecular formula is C20H28ClIN4O3S. The first-order valence-electron chi connectivity index (χ1n) is 9.10. The number of methoxy groups -OCH3 is 1. The normalized spacial score (nSPS) is 11.7. The van der Waals surface area contributed by atoms with Crippen LogP contribution in [0.2, 0.25) is 5.02 Å². The summed E-state index contributed by atoms with van der Waals surface area (Å²) in [4.78, 5) is 6.46. The summed E-state index contributed by atoms with van der Waals surface area (Å²) >= 11 is 6.24. The lowest BCUT2D eigenvalue weighted by molar-refractivity contribution is 0.204. The van der Waals surface area contributed by atoms with Gasteiger partial charge in [0.25, 0.3) is 0 Å². The van der Waals surface area contributed by atoms with Crippen molar-refractivity contribution >= 4 is 51.6 Å². The molecule has 0 aromatic heterocycles. The summed E-state index contributed by atoms with van der Waals surface area (Å²) in [6, 6.07) is 14.5. The Morgan fingerprint density at radius 3 is 2.60 bits per heavy atom. The minimum absolute atomic E-state index is 0. The van der Waals surface area contributed by atoms with Gasteiger partial charge in [0.1, 0.15) is 0 Å². The second-order valence-corrected chi connectivity index (χ2v) is 8.56. The summed E-state index contributed by atoms with van der Waals surface area (Å²) in [5.74, 6) is 0.677. The Morgan fingerprint density at radius 2 is 1.93 bits per heavy atom. The number of aliphatic imine (C=N–C) groups is 1. The van der Waals surface area contributed by atoms with Crippen LogP contribution in [0.15, 0.2) is 58.4 Å². The van der Waals surface area contributed by atoms with Crippen LogP contribution in [-0.4, -0.2) is 53.6 Å². The number of rotatable bonds is 9. The number of nitrogens with zero attached hydrogens (tertiary/aromatic N) is 2. The third-order valence-corrected chi connectivity index (χ3v) is 6.02. The van der Waals surface area contributed by atoms with Crippen molar-refractivity contribution in [2.45, 2.75) is 18.0 Å². The first-order valence-corrected chi connectivity index (χ1v) is 11.0. The van der Waals surface area contributed by atoms with Crippen LogP contribution in [0.3, 0.4) is 0 Å². The molecule has 0 fully saturated rings. The van der Waals surface area contributed by atoms with Crippen molar-refractivity contribution in [1.82, 2.24) is 14.9 Å². The third kappa shape index (κ3) is 8.03. The first-order chi connectivity index (χ1) is 13.9. The molecule has 30 heavy (non-hydrogen) atoms. The standard InChI is InChI=1S/C20H27ClN4O3S.HI/c1-22-20(25(2)15-17-8-4-5-10-19(17)21)23-14-16-7-6-9-18(13-16)29(26,27)24-11-12-28-3;/h4-10,13,24H,11-12,14-15H2,1-3H3,(H,22,23);1H. The Hall–Kier alpha value is -1.40. The van der Waals surface area contributed by atoms with Crippen molar-refractivity contribution in [2.75, 3.05) is 34.4 Å². The molecule has 0 aliphatic rings. The Morgan fingerprint density at radius 1 is 1.20 bits per heavy atom. The SMILES string of the molecule is CN=C(NCc1cccc(S(=O)(=O)NCCOC)c1)N(C)Cc1ccccc1Cl.I. The molecule has 0 saturated carbocycles. The van der Waals surface area contributed by atoms with E-state index in [2.05, 4.69) is 15.0 Å². The second kappa shape index (κ2) is 13.1. The molecule has 0 aliphatic heterocycles. The molecule has 2 N–H and O–H groups in total. The average molecular weight is 567 g/mol. The van der Waals surface area contributed by atoms with E-state index in [9.17, 15) is 8.42 Å². The van der Waals surface area contributed by atoms with Gasteiger partial charge in [-0.25, -0.2) is 13.1 Å². The van der Waals surface area contributed by atoms with Gasteiger partial charge in [-0.1, -0.05) is 41.9 Å². The summed E-state index contributed by atoms with van der Waals surface area (Å²) < 4.78 is 32.1. The van der Waals surface area contributed by atoms with Gasteiger partial charge >= 0.3 is 0 Å². The maximum absolute atomic E-state index is 12.4. The number of sulfonamides is 1. The molecule has 0 spiro atoms. The molecule has 7 nitrogen and oxygen atoms in total. The molecule has 2 aromatic carbocycles. The molecule has 10 heteroatoms. The lowest BCUT2D eigenvalue weighted by Gasteiger charge is -2.22. The first kappa shape index (κ1) is 26.6. The third-order valence-electron chi connectivity index (χ3n) is 4.20. The van der Waals surface area contributed by atoms with Gasteiger partial charge in [0.05, 0.1) is 11.5 Å². The zero-order chi connectivity index (χ0) is 21.3. The van der Waals surface area contributed by atoms with Crippen molar-refractivity contribution in [3.63, 3.8) is 0 Å². The quantitative estimate of drug-likeness (QED) is 0.211.